The molecule has 0 fully saturated rings. The molecule has 2 nitrogen and oxygen atoms in total. The van der Waals surface area contributed by atoms with E-state index >= 15 is 0 Å². The minimum atomic E-state index is -0.482. The lowest BCUT2D eigenvalue weighted by Crippen LogP contribution is -2.43. The number of hydrogen-bond acceptors (Lipinski definition) is 2. The van der Waals surface area contributed by atoms with Gasteiger partial charge in [-0.3, -0.25) is 0 Å². The molecule has 1 aromatic rings. The van der Waals surface area contributed by atoms with E-state index in [-0.39, 0.29) is 5.41 Å². The van der Waals surface area contributed by atoms with Gasteiger partial charge in [-0.2, -0.15) is 0 Å². The lowest BCUT2D eigenvalue weighted by Gasteiger charge is -2.35. The molecule has 0 amide bonds. The molecule has 0 spiro atoms. The average molecular weight is 206 g/mol. The SMILES string of the molecule is C[C@H](O)C1([C@H](C)O)Cc2ccccc2C1. The van der Waals surface area contributed by atoms with Crippen molar-refractivity contribution in [3.05, 3.63) is 35.4 Å². The Morgan fingerprint density at radius 2 is 1.40 bits per heavy atom. The molecule has 0 aliphatic heterocycles. The van der Waals surface area contributed by atoms with E-state index < -0.39 is 12.2 Å². The Balaban J connectivity index is 2.36. The van der Waals surface area contributed by atoms with Crippen LogP contribution in [0.3, 0.4) is 0 Å². The molecule has 1 aromatic carbocycles. The van der Waals surface area contributed by atoms with E-state index in [0.29, 0.717) is 0 Å². The first-order valence-corrected chi connectivity index (χ1v) is 5.49. The summed E-state index contributed by atoms with van der Waals surface area (Å²) in [5, 5.41) is 19.8. The Hall–Kier alpha value is -0.860. The molecular weight excluding hydrogens is 188 g/mol. The van der Waals surface area contributed by atoms with Gasteiger partial charge in [-0.25, -0.2) is 0 Å². The van der Waals surface area contributed by atoms with Gasteiger partial charge in [0.1, 0.15) is 0 Å². The minimum absolute atomic E-state index is 0.385. The van der Waals surface area contributed by atoms with E-state index in [1.54, 1.807) is 13.8 Å². The third-order valence-corrected chi connectivity index (χ3v) is 3.82. The van der Waals surface area contributed by atoms with Crippen LogP contribution in [0.5, 0.6) is 0 Å². The van der Waals surface area contributed by atoms with Gasteiger partial charge in [0, 0.05) is 5.41 Å². The van der Waals surface area contributed by atoms with Crippen LogP contribution in [0.15, 0.2) is 24.3 Å². The van der Waals surface area contributed by atoms with Crippen LogP contribution in [-0.2, 0) is 12.8 Å². The largest absolute Gasteiger partial charge is 0.393 e. The zero-order valence-corrected chi connectivity index (χ0v) is 9.27. The molecule has 0 radical (unpaired) electrons. The Morgan fingerprint density at radius 3 is 1.73 bits per heavy atom. The van der Waals surface area contributed by atoms with Gasteiger partial charge in [-0.05, 0) is 37.8 Å². The normalized spacial score (nSPS) is 22.1. The Bertz CT molecular complexity index is 320. The summed E-state index contributed by atoms with van der Waals surface area (Å²) in [4.78, 5) is 0. The second kappa shape index (κ2) is 3.62. The van der Waals surface area contributed by atoms with Gasteiger partial charge < -0.3 is 10.2 Å². The van der Waals surface area contributed by atoms with E-state index in [4.69, 9.17) is 0 Å². The standard InChI is InChI=1S/C13H18O2/c1-9(14)13(10(2)15)7-11-5-3-4-6-12(11)8-13/h3-6,9-10,14-15H,7-8H2,1-2H3/t9-,10-/m0/s1. The number of hydrogen-bond donors (Lipinski definition) is 2. The zero-order chi connectivity index (χ0) is 11.1. The van der Waals surface area contributed by atoms with E-state index in [1.165, 1.54) is 11.1 Å². The average Bonchev–Trinajstić information content (AvgIpc) is 2.57. The van der Waals surface area contributed by atoms with Crippen molar-refractivity contribution < 1.29 is 10.2 Å². The summed E-state index contributed by atoms with van der Waals surface area (Å²) in [7, 11) is 0. The van der Waals surface area contributed by atoms with Crippen molar-refractivity contribution in [3.63, 3.8) is 0 Å². The first-order chi connectivity index (χ1) is 7.06. The fourth-order valence-corrected chi connectivity index (χ4v) is 2.61. The Morgan fingerprint density at radius 1 is 1.00 bits per heavy atom. The minimum Gasteiger partial charge on any atom is -0.393 e. The predicted molar refractivity (Wildman–Crippen MR) is 59.6 cm³/mol. The fourth-order valence-electron chi connectivity index (χ4n) is 2.61. The maximum Gasteiger partial charge on any atom is 0.0599 e. The van der Waals surface area contributed by atoms with Gasteiger partial charge in [0.2, 0.25) is 0 Å². The summed E-state index contributed by atoms with van der Waals surface area (Å²) >= 11 is 0. The van der Waals surface area contributed by atoms with Crippen molar-refractivity contribution in [2.24, 2.45) is 5.41 Å². The zero-order valence-electron chi connectivity index (χ0n) is 9.27. The highest BCUT2D eigenvalue weighted by atomic mass is 16.3. The van der Waals surface area contributed by atoms with Crippen molar-refractivity contribution in [2.45, 2.75) is 38.9 Å². The van der Waals surface area contributed by atoms with Crippen molar-refractivity contribution in [2.75, 3.05) is 0 Å². The van der Waals surface area contributed by atoms with Gasteiger partial charge >= 0.3 is 0 Å². The van der Waals surface area contributed by atoms with Crippen LogP contribution >= 0.6 is 0 Å². The van der Waals surface area contributed by atoms with Gasteiger partial charge in [0.25, 0.3) is 0 Å². The van der Waals surface area contributed by atoms with Gasteiger partial charge in [-0.15, -0.1) is 0 Å². The highest BCUT2D eigenvalue weighted by Crippen LogP contribution is 2.42. The van der Waals surface area contributed by atoms with Crippen LogP contribution in [0.4, 0.5) is 0 Å². The number of aliphatic hydroxyl groups is 2. The molecule has 0 saturated heterocycles. The first-order valence-electron chi connectivity index (χ1n) is 5.49. The molecule has 1 aliphatic rings. The molecule has 2 atom stereocenters. The van der Waals surface area contributed by atoms with Crippen molar-refractivity contribution in [1.29, 1.82) is 0 Å². The summed E-state index contributed by atoms with van der Waals surface area (Å²) in [6, 6.07) is 8.20. The van der Waals surface area contributed by atoms with Gasteiger partial charge in [0.15, 0.2) is 0 Å². The summed E-state index contributed by atoms with van der Waals surface area (Å²) in [5.74, 6) is 0. The van der Waals surface area contributed by atoms with E-state index in [1.807, 2.05) is 12.1 Å². The summed E-state index contributed by atoms with van der Waals surface area (Å²) in [6.45, 7) is 3.55. The molecule has 0 aromatic heterocycles. The quantitative estimate of drug-likeness (QED) is 0.770. The molecular formula is C13H18O2. The first kappa shape index (κ1) is 10.7. The molecule has 2 heteroatoms. The molecule has 1 aliphatic carbocycles. The van der Waals surface area contributed by atoms with Crippen molar-refractivity contribution in [3.8, 4) is 0 Å². The van der Waals surface area contributed by atoms with Crippen molar-refractivity contribution >= 4 is 0 Å². The summed E-state index contributed by atoms with van der Waals surface area (Å²) < 4.78 is 0. The summed E-state index contributed by atoms with van der Waals surface area (Å²) in [5.41, 5.74) is 2.14. The highest BCUT2D eigenvalue weighted by molar-refractivity contribution is 5.35. The fraction of sp³-hybridized carbons (Fsp3) is 0.538. The summed E-state index contributed by atoms with van der Waals surface area (Å²) in [6.07, 6.45) is 0.589. The monoisotopic (exact) mass is 206 g/mol. The lowest BCUT2D eigenvalue weighted by atomic mass is 9.75. The van der Waals surface area contributed by atoms with Crippen molar-refractivity contribution in [1.82, 2.24) is 0 Å². The molecule has 15 heavy (non-hydrogen) atoms. The second-order valence-corrected chi connectivity index (χ2v) is 4.71. The molecule has 0 saturated carbocycles. The van der Waals surface area contributed by atoms with Gasteiger partial charge in [0.05, 0.1) is 12.2 Å². The molecule has 0 heterocycles. The van der Waals surface area contributed by atoms with E-state index in [9.17, 15) is 10.2 Å². The third-order valence-electron chi connectivity index (χ3n) is 3.82. The highest BCUT2D eigenvalue weighted by Gasteiger charge is 2.44. The van der Waals surface area contributed by atoms with Crippen LogP contribution in [0.1, 0.15) is 25.0 Å². The van der Waals surface area contributed by atoms with Gasteiger partial charge in [-0.1, -0.05) is 24.3 Å². The Labute approximate surface area is 90.6 Å². The lowest BCUT2D eigenvalue weighted by molar-refractivity contribution is -0.0474. The molecule has 2 N–H and O–H groups in total. The van der Waals surface area contributed by atoms with Crippen LogP contribution in [0.25, 0.3) is 0 Å². The second-order valence-electron chi connectivity index (χ2n) is 4.71. The third kappa shape index (κ3) is 1.58. The predicted octanol–water partition coefficient (Wildman–Crippen LogP) is 1.53. The number of fused-ring (bicyclic) bond motifs is 1. The maximum atomic E-state index is 9.89. The van der Waals surface area contributed by atoms with Crippen LogP contribution < -0.4 is 0 Å². The van der Waals surface area contributed by atoms with E-state index in [2.05, 4.69) is 12.1 Å². The number of aliphatic hydroxyl groups excluding tert-OH is 2. The maximum absolute atomic E-state index is 9.89. The topological polar surface area (TPSA) is 40.5 Å². The number of benzene rings is 1. The smallest absolute Gasteiger partial charge is 0.0599 e. The van der Waals surface area contributed by atoms with E-state index in [0.717, 1.165) is 12.8 Å². The molecule has 82 valence electrons. The molecule has 2 rings (SSSR count). The van der Waals surface area contributed by atoms with Crippen LogP contribution in [-0.4, -0.2) is 22.4 Å². The molecule has 0 bridgehead atoms. The number of rotatable bonds is 2. The van der Waals surface area contributed by atoms with Crippen LogP contribution in [0.2, 0.25) is 0 Å². The molecule has 0 unspecified atom stereocenters. The van der Waals surface area contributed by atoms with Crippen LogP contribution in [0, 0.1) is 5.41 Å². The Kier molecular flexibility index (Phi) is 2.57.